The van der Waals surface area contributed by atoms with Crippen molar-refractivity contribution in [2.24, 2.45) is 5.92 Å². The predicted molar refractivity (Wildman–Crippen MR) is 310 cm³/mol. The van der Waals surface area contributed by atoms with Gasteiger partial charge in [-0.1, -0.05) is 39.8 Å². The summed E-state index contributed by atoms with van der Waals surface area (Å²) in [5.74, 6) is 2.17. The number of carbonyl (C=O) groups excluding carboxylic acids is 4. The Kier molecular flexibility index (Phi) is 18.2. The van der Waals surface area contributed by atoms with Crippen LogP contribution in [0, 0.1) is 5.92 Å². The molecule has 83 heavy (non-hydrogen) atoms. The van der Waals surface area contributed by atoms with E-state index in [4.69, 9.17) is 13.9 Å². The number of rotatable bonds is 14. The highest BCUT2D eigenvalue weighted by Crippen LogP contribution is 2.38. The summed E-state index contributed by atoms with van der Waals surface area (Å²) >= 11 is 0. The molecule has 0 spiro atoms. The number of aromatic nitrogens is 10. The summed E-state index contributed by atoms with van der Waals surface area (Å²) in [7, 11) is 1.12. The van der Waals surface area contributed by atoms with Crippen molar-refractivity contribution in [3.63, 3.8) is 0 Å². The molecule has 10 rings (SSSR count). The molecule has 0 bridgehead atoms. The molecule has 25 nitrogen and oxygen atoms in total. The van der Waals surface area contributed by atoms with Gasteiger partial charge in [0.1, 0.15) is 34.5 Å². The third-order valence-corrected chi connectivity index (χ3v) is 20.7. The van der Waals surface area contributed by atoms with E-state index < -0.39 is 20.3 Å². The molecule has 4 N–H and O–H groups in total. The van der Waals surface area contributed by atoms with Gasteiger partial charge in [0.25, 0.3) is 11.8 Å². The van der Waals surface area contributed by atoms with Gasteiger partial charge in [0.15, 0.2) is 8.32 Å². The fourth-order valence-corrected chi connectivity index (χ4v) is 11.3. The van der Waals surface area contributed by atoms with E-state index in [-0.39, 0.29) is 41.7 Å². The van der Waals surface area contributed by atoms with Gasteiger partial charge >= 0.3 is 12.1 Å². The third kappa shape index (κ3) is 13.5. The van der Waals surface area contributed by atoms with Crippen LogP contribution in [0.2, 0.25) is 18.1 Å². The number of aliphatic hydroxyl groups is 2. The highest BCUT2D eigenvalue weighted by atomic mass is 28.4. The Balaban J connectivity index is 0.000000202. The lowest BCUT2D eigenvalue weighted by Gasteiger charge is -2.36. The average Bonchev–Trinajstić information content (AvgIpc) is 4.41. The molecule has 2 saturated heterocycles. The molecule has 0 radical (unpaired) electrons. The lowest BCUT2D eigenvalue weighted by molar-refractivity contribution is 0.101. The van der Waals surface area contributed by atoms with E-state index in [0.29, 0.717) is 128 Å². The normalized spacial score (nSPS) is 17.7. The second-order valence-electron chi connectivity index (χ2n) is 23.3. The minimum Gasteiger partial charge on any atom is -0.496 e. The van der Waals surface area contributed by atoms with Gasteiger partial charge in [0.2, 0.25) is 11.6 Å². The molecular formula is C57H76N16O9Si. The van der Waals surface area contributed by atoms with E-state index in [1.165, 1.54) is 11.8 Å². The van der Waals surface area contributed by atoms with Gasteiger partial charge < -0.3 is 54.3 Å². The first kappa shape index (κ1) is 59.7. The van der Waals surface area contributed by atoms with Crippen LogP contribution in [-0.4, -0.2) is 185 Å². The van der Waals surface area contributed by atoms with E-state index >= 15 is 0 Å². The van der Waals surface area contributed by atoms with Gasteiger partial charge in [-0.25, -0.2) is 28.9 Å². The second kappa shape index (κ2) is 25.3. The second-order valence-corrected chi connectivity index (χ2v) is 28.2. The zero-order chi connectivity index (χ0) is 59.3. The molecule has 4 aliphatic rings. The van der Waals surface area contributed by atoms with Crippen molar-refractivity contribution in [2.75, 3.05) is 77.3 Å². The topological polar surface area (TPSA) is 286 Å². The smallest absolute Gasteiger partial charge is 0.320 e. The molecule has 8 heterocycles. The van der Waals surface area contributed by atoms with Crippen molar-refractivity contribution in [2.45, 2.75) is 117 Å². The van der Waals surface area contributed by atoms with Crippen molar-refractivity contribution in [1.29, 1.82) is 0 Å². The van der Waals surface area contributed by atoms with Crippen molar-refractivity contribution in [3.8, 4) is 34.5 Å². The van der Waals surface area contributed by atoms with Crippen LogP contribution in [0.5, 0.6) is 11.5 Å². The Morgan fingerprint density at radius 2 is 1.16 bits per heavy atom. The standard InChI is InChI=1S/C32H46N8O4Si.C25H30N8O5/c1-21-12-14-38(18-21)31(42)39-15-13-23-17-27(43-6)25(16-24(23)19-39)30(41)34-28-11-9-10-26(33-28)29-35-36-37-40(29)22(2)20-44-45(7,8)32(3,4)5;1-15(14-34)33-23(28-29-30-33)20-4-3-5-22(26-20)27-24(36)19-10-17-12-31(8-6-16(17)11-21(19)38-2)25(37)32-9-7-18(35)13-32/h9-11,16-17,21-22H,12-15,18-20H2,1-8H3,(H,33,34,41);3-5,10-11,15,18,34-35H,6-9,12-14H2,1-2H3,(H,26,27,36)/t21-,22-;15-,18-/m11/s1. The van der Waals surface area contributed by atoms with E-state index in [1.807, 2.05) is 41.0 Å². The zero-order valence-electron chi connectivity index (χ0n) is 49.0. The number of likely N-dealkylation sites (tertiary alicyclic amines) is 2. The number of nitrogens with zero attached hydrogens (tertiary/aromatic N) is 14. The summed E-state index contributed by atoms with van der Waals surface area (Å²) in [5.41, 5.74) is 5.59. The largest absolute Gasteiger partial charge is 0.496 e. The van der Waals surface area contributed by atoms with Crippen molar-refractivity contribution in [1.82, 2.24) is 70.0 Å². The summed E-state index contributed by atoms with van der Waals surface area (Å²) < 4.78 is 20.7. The number of methoxy groups -OCH3 is 2. The quantitative estimate of drug-likeness (QED) is 0.0847. The Hall–Kier alpha value is -7.94. The molecule has 0 aliphatic carbocycles. The van der Waals surface area contributed by atoms with Crippen LogP contribution in [-0.2, 0) is 30.4 Å². The van der Waals surface area contributed by atoms with Crippen LogP contribution in [0.1, 0.15) is 109 Å². The summed E-state index contributed by atoms with van der Waals surface area (Å²) in [6.45, 7) is 21.8. The molecule has 26 heteroatoms. The highest BCUT2D eigenvalue weighted by molar-refractivity contribution is 6.74. The molecule has 0 saturated carbocycles. The third-order valence-electron chi connectivity index (χ3n) is 16.2. The summed E-state index contributed by atoms with van der Waals surface area (Å²) in [6.07, 6.45) is 2.49. The number of ether oxygens (including phenoxy) is 2. The van der Waals surface area contributed by atoms with Crippen molar-refractivity contribution < 1.29 is 43.3 Å². The number of benzene rings is 2. The molecule has 6 aromatic rings. The van der Waals surface area contributed by atoms with Crippen LogP contribution in [0.4, 0.5) is 21.2 Å². The fraction of sp³-hybridized carbons (Fsp3) is 0.509. The summed E-state index contributed by atoms with van der Waals surface area (Å²) in [5, 5.41) is 49.1. The number of anilines is 2. The summed E-state index contributed by atoms with van der Waals surface area (Å²) in [4.78, 5) is 69.4. The minimum absolute atomic E-state index is 0.0658. The molecule has 0 unspecified atom stereocenters. The monoisotopic (exact) mass is 1160 g/mol. The van der Waals surface area contributed by atoms with E-state index in [0.717, 1.165) is 41.8 Å². The molecule has 442 valence electrons. The van der Waals surface area contributed by atoms with Gasteiger partial charge in [-0.15, -0.1) is 10.2 Å². The Morgan fingerprint density at radius 3 is 1.59 bits per heavy atom. The van der Waals surface area contributed by atoms with Gasteiger partial charge in [0.05, 0.1) is 56.7 Å². The number of tetrazole rings is 2. The van der Waals surface area contributed by atoms with Crippen LogP contribution in [0.25, 0.3) is 23.0 Å². The van der Waals surface area contributed by atoms with Gasteiger partial charge in [-0.05, 0) is 155 Å². The molecule has 4 aliphatic heterocycles. The minimum atomic E-state index is -1.95. The maximum atomic E-state index is 13.6. The number of β-amino-alcohol motifs (C(OH)–C–C–N with tert-alkyl or cyclic N) is 1. The molecular weight excluding hydrogens is 1080 g/mol. The van der Waals surface area contributed by atoms with E-state index in [9.17, 15) is 29.4 Å². The van der Waals surface area contributed by atoms with Gasteiger partial charge in [0, 0.05) is 52.4 Å². The number of pyridine rings is 2. The summed E-state index contributed by atoms with van der Waals surface area (Å²) in [6, 6.07) is 17.3. The molecule has 4 aromatic heterocycles. The molecule has 2 aromatic carbocycles. The van der Waals surface area contributed by atoms with Crippen LogP contribution in [0.15, 0.2) is 60.7 Å². The Bertz CT molecular complexity index is 3330. The van der Waals surface area contributed by atoms with Crippen molar-refractivity contribution >= 4 is 43.8 Å². The van der Waals surface area contributed by atoms with Gasteiger partial charge in [-0.3, -0.25) is 9.59 Å². The number of hydrogen-bond acceptors (Lipinski definition) is 17. The first-order valence-electron chi connectivity index (χ1n) is 28.2. The Morgan fingerprint density at radius 1 is 0.675 bits per heavy atom. The SMILES string of the molecule is COc1cc2c(cc1C(=O)Nc1cccc(-c3nnnn3[C@H](C)CO)n1)CN(C(=O)N1CC[C@@H](O)C1)CC2.COc1cc2c(cc1C(=O)Nc1cccc(-c3nnnn3[C@H](C)CO[Si](C)(C)C(C)(C)C)n1)CN(C(=O)N1CC[C@@H](C)C1)CC2. The maximum Gasteiger partial charge on any atom is 0.320 e. The first-order chi connectivity index (χ1) is 39.6. The number of carbonyl (C=O) groups is 4. The zero-order valence-corrected chi connectivity index (χ0v) is 50.0. The number of hydrogen-bond donors (Lipinski definition) is 4. The van der Waals surface area contributed by atoms with Crippen LogP contribution < -0.4 is 20.1 Å². The predicted octanol–water partition coefficient (Wildman–Crippen LogP) is 6.49. The van der Waals surface area contributed by atoms with E-state index in [2.05, 4.69) is 92.4 Å². The van der Waals surface area contributed by atoms with Crippen LogP contribution >= 0.6 is 0 Å². The van der Waals surface area contributed by atoms with Gasteiger partial charge in [-0.2, -0.15) is 0 Å². The molecule has 6 amide bonds. The number of amides is 6. The average molecular weight is 1160 g/mol. The lowest BCUT2D eigenvalue weighted by atomic mass is 9.96. The molecule has 4 atom stereocenters. The number of fused-ring (bicyclic) bond motifs is 2. The van der Waals surface area contributed by atoms with Crippen molar-refractivity contribution in [3.05, 3.63) is 94.0 Å². The lowest BCUT2D eigenvalue weighted by Crippen LogP contribution is -2.44. The van der Waals surface area contributed by atoms with E-state index in [1.54, 1.807) is 64.9 Å². The number of urea groups is 2. The van der Waals surface area contributed by atoms with Crippen LogP contribution in [0.3, 0.4) is 0 Å². The number of aliphatic hydroxyl groups excluding tert-OH is 2. The fourth-order valence-electron chi connectivity index (χ4n) is 10.3. The number of nitrogens with one attached hydrogen (secondary N) is 2. The molecule has 2 fully saturated rings. The maximum absolute atomic E-state index is 13.6. The Labute approximate surface area is 483 Å². The highest BCUT2D eigenvalue weighted by Gasteiger charge is 2.38. The first-order valence-corrected chi connectivity index (χ1v) is 31.1.